The number of hydrogen-bond acceptors (Lipinski definition) is 8. The van der Waals surface area contributed by atoms with E-state index < -0.39 is 0 Å². The monoisotopic (exact) mass is 683 g/mol. The summed E-state index contributed by atoms with van der Waals surface area (Å²) in [6.07, 6.45) is 13.0. The van der Waals surface area contributed by atoms with Gasteiger partial charge < -0.3 is 10.2 Å². The average molecular weight is 684 g/mol. The molecule has 0 aliphatic carbocycles. The van der Waals surface area contributed by atoms with Gasteiger partial charge in [0.2, 0.25) is 5.91 Å². The maximum absolute atomic E-state index is 12.3. The van der Waals surface area contributed by atoms with Crippen molar-refractivity contribution in [1.29, 1.82) is 5.26 Å². The number of benzene rings is 2. The van der Waals surface area contributed by atoms with Gasteiger partial charge in [0.1, 0.15) is 16.8 Å². The summed E-state index contributed by atoms with van der Waals surface area (Å²) in [4.78, 5) is 14.9. The van der Waals surface area contributed by atoms with Gasteiger partial charge in [0, 0.05) is 31.3 Å². The molecule has 49 heavy (non-hydrogen) atoms. The molecule has 1 heterocycles. The highest BCUT2D eigenvalue weighted by Gasteiger charge is 2.20. The molecule has 2 atom stereocenters. The van der Waals surface area contributed by atoms with E-state index in [0.29, 0.717) is 38.8 Å². The second kappa shape index (κ2) is 21.2. The van der Waals surface area contributed by atoms with Crippen LogP contribution < -0.4 is 10.2 Å². The number of aryl methyl sites for hydroxylation is 1. The highest BCUT2D eigenvalue weighted by Crippen LogP contribution is 2.43. The molecule has 1 N–H and O–H groups in total. The quantitative estimate of drug-likeness (QED) is 0.113. The van der Waals surface area contributed by atoms with Gasteiger partial charge >= 0.3 is 0 Å². The van der Waals surface area contributed by atoms with Gasteiger partial charge in [-0.05, 0) is 80.3 Å². The summed E-state index contributed by atoms with van der Waals surface area (Å²) in [5, 5.41) is 32.0. The minimum atomic E-state index is -0.172. The largest absolute Gasteiger partial charge is 0.371 e. The van der Waals surface area contributed by atoms with E-state index in [2.05, 4.69) is 89.6 Å². The van der Waals surface area contributed by atoms with E-state index in [1.165, 1.54) is 62.3 Å². The zero-order valence-electron chi connectivity index (χ0n) is 30.9. The van der Waals surface area contributed by atoms with Gasteiger partial charge in [0.25, 0.3) is 0 Å². The molecule has 3 aromatic rings. The standard InChI is InChI=1S/C40H57N7OS/c1-8-13-16-31(11-4)27-47(28-32(12-5)17-14-9-2)35-23-24-37(38(25-35)42-30(7)48)44-46-40-36(26-41)29(6)39(49-40)45-43-34-21-19-33(20-22-34)18-15-10-3/h19-25,31-32H,8-18,27-28H2,1-7H3,(H,42,48). The Kier molecular flexibility index (Phi) is 17.1. The second-order valence-electron chi connectivity index (χ2n) is 13.1. The summed E-state index contributed by atoms with van der Waals surface area (Å²) in [6.45, 7) is 16.6. The predicted octanol–water partition coefficient (Wildman–Crippen LogP) is 13.3. The molecule has 0 saturated heterocycles. The van der Waals surface area contributed by atoms with Crippen LogP contribution in [0.5, 0.6) is 0 Å². The lowest BCUT2D eigenvalue weighted by Crippen LogP contribution is -2.34. The molecule has 1 aromatic heterocycles. The average Bonchev–Trinajstić information content (AvgIpc) is 3.42. The first-order chi connectivity index (χ1) is 23.8. The molecule has 0 aliphatic rings. The van der Waals surface area contributed by atoms with Crippen molar-refractivity contribution in [3.63, 3.8) is 0 Å². The van der Waals surface area contributed by atoms with Gasteiger partial charge in [-0.25, -0.2) is 0 Å². The molecule has 3 rings (SSSR count). The molecule has 0 fully saturated rings. The number of nitrogens with one attached hydrogen (secondary N) is 1. The highest BCUT2D eigenvalue weighted by atomic mass is 32.1. The molecule has 264 valence electrons. The Labute approximate surface area is 299 Å². The Bertz CT molecular complexity index is 1540. The zero-order chi connectivity index (χ0) is 35.6. The summed E-state index contributed by atoms with van der Waals surface area (Å²) in [7, 11) is 0. The number of rotatable bonds is 21. The number of thiophene rings is 1. The maximum Gasteiger partial charge on any atom is 0.221 e. The zero-order valence-corrected chi connectivity index (χ0v) is 31.7. The molecule has 1 amide bonds. The molecule has 0 aliphatic heterocycles. The van der Waals surface area contributed by atoms with E-state index in [0.717, 1.165) is 62.1 Å². The third kappa shape index (κ3) is 12.5. The summed E-state index contributed by atoms with van der Waals surface area (Å²) in [6, 6.07) is 16.4. The fourth-order valence-corrected chi connectivity index (χ4v) is 6.84. The fraction of sp³-hybridized carbons (Fsp3) is 0.550. The molecule has 0 radical (unpaired) electrons. The number of carbonyl (C=O) groups is 1. The number of amides is 1. The second-order valence-corrected chi connectivity index (χ2v) is 14.1. The molecule has 0 saturated carbocycles. The Morgan fingerprint density at radius 3 is 2.00 bits per heavy atom. The Morgan fingerprint density at radius 2 is 1.45 bits per heavy atom. The van der Waals surface area contributed by atoms with Gasteiger partial charge in [0.05, 0.1) is 16.9 Å². The molecule has 0 bridgehead atoms. The normalized spacial score (nSPS) is 12.8. The summed E-state index contributed by atoms with van der Waals surface area (Å²) in [5.74, 6) is 1.04. The first kappa shape index (κ1) is 39.5. The van der Waals surface area contributed by atoms with Crippen molar-refractivity contribution in [2.75, 3.05) is 23.3 Å². The van der Waals surface area contributed by atoms with Crippen LogP contribution in [0, 0.1) is 30.1 Å². The topological polar surface area (TPSA) is 106 Å². The minimum absolute atomic E-state index is 0.172. The summed E-state index contributed by atoms with van der Waals surface area (Å²) in [5.41, 5.74) is 5.42. The van der Waals surface area contributed by atoms with Crippen LogP contribution in [0.15, 0.2) is 62.9 Å². The number of hydrogen-bond donors (Lipinski definition) is 1. The van der Waals surface area contributed by atoms with E-state index in [4.69, 9.17) is 0 Å². The van der Waals surface area contributed by atoms with E-state index >= 15 is 0 Å². The Balaban J connectivity index is 1.92. The van der Waals surface area contributed by atoms with Crippen molar-refractivity contribution in [2.45, 2.75) is 119 Å². The van der Waals surface area contributed by atoms with Crippen LogP contribution in [-0.4, -0.2) is 19.0 Å². The molecule has 9 heteroatoms. The van der Waals surface area contributed by atoms with Crippen molar-refractivity contribution in [3.8, 4) is 6.07 Å². The lowest BCUT2D eigenvalue weighted by molar-refractivity contribution is -0.114. The maximum atomic E-state index is 12.3. The van der Waals surface area contributed by atoms with E-state index in [1.807, 2.05) is 31.2 Å². The number of azo groups is 2. The molecule has 0 spiro atoms. The van der Waals surface area contributed by atoms with Crippen molar-refractivity contribution in [2.24, 2.45) is 32.3 Å². The molecule has 2 aromatic carbocycles. The minimum Gasteiger partial charge on any atom is -0.371 e. The highest BCUT2D eigenvalue weighted by molar-refractivity contribution is 7.19. The summed E-state index contributed by atoms with van der Waals surface area (Å²) >= 11 is 1.28. The third-order valence-electron chi connectivity index (χ3n) is 9.17. The molecular formula is C40H57N7OS. The van der Waals surface area contributed by atoms with Crippen molar-refractivity contribution >= 4 is 50.0 Å². The first-order valence-corrected chi connectivity index (χ1v) is 19.2. The van der Waals surface area contributed by atoms with Gasteiger partial charge in [0.15, 0.2) is 5.00 Å². The van der Waals surface area contributed by atoms with Crippen LogP contribution >= 0.6 is 11.3 Å². The van der Waals surface area contributed by atoms with Crippen molar-refractivity contribution < 1.29 is 4.79 Å². The van der Waals surface area contributed by atoms with Crippen molar-refractivity contribution in [3.05, 3.63) is 59.2 Å². The van der Waals surface area contributed by atoms with Gasteiger partial charge in [-0.1, -0.05) is 103 Å². The third-order valence-corrected chi connectivity index (χ3v) is 10.2. The lowest BCUT2D eigenvalue weighted by atomic mass is 9.95. The molecule has 2 unspecified atom stereocenters. The summed E-state index contributed by atoms with van der Waals surface area (Å²) < 4.78 is 0. The van der Waals surface area contributed by atoms with E-state index in [9.17, 15) is 10.1 Å². The number of nitriles is 1. The van der Waals surface area contributed by atoms with Gasteiger partial charge in [-0.2, -0.15) is 5.26 Å². The smallest absolute Gasteiger partial charge is 0.221 e. The SMILES string of the molecule is CCCCc1ccc(N=Nc2sc(N=Nc3ccc(N(CC(CC)CCCC)CC(CC)CCCC)cc3NC(C)=O)c(C#N)c2C)cc1. The van der Waals surface area contributed by atoms with Crippen molar-refractivity contribution in [1.82, 2.24) is 0 Å². The van der Waals surface area contributed by atoms with Crippen LogP contribution in [0.25, 0.3) is 0 Å². The van der Waals surface area contributed by atoms with E-state index in [-0.39, 0.29) is 5.91 Å². The number of unbranched alkanes of at least 4 members (excludes halogenated alkanes) is 3. The Hall–Kier alpha value is -3.90. The van der Waals surface area contributed by atoms with Crippen LogP contribution in [-0.2, 0) is 11.2 Å². The molecule has 8 nitrogen and oxygen atoms in total. The van der Waals surface area contributed by atoms with Gasteiger partial charge in [-0.15, -0.1) is 20.5 Å². The number of nitrogens with zero attached hydrogens (tertiary/aromatic N) is 6. The lowest BCUT2D eigenvalue weighted by Gasteiger charge is -2.33. The molecular weight excluding hydrogens is 627 g/mol. The van der Waals surface area contributed by atoms with Crippen LogP contribution in [0.3, 0.4) is 0 Å². The fourth-order valence-electron chi connectivity index (χ4n) is 5.94. The number of anilines is 2. The number of carbonyl (C=O) groups excluding carboxylic acids is 1. The van der Waals surface area contributed by atoms with E-state index in [1.54, 1.807) is 0 Å². The first-order valence-electron chi connectivity index (χ1n) is 18.4. The van der Waals surface area contributed by atoms with Crippen LogP contribution in [0.1, 0.15) is 122 Å². The predicted molar refractivity (Wildman–Crippen MR) is 207 cm³/mol. The van der Waals surface area contributed by atoms with Crippen LogP contribution in [0.2, 0.25) is 0 Å². The van der Waals surface area contributed by atoms with Crippen LogP contribution in [0.4, 0.5) is 32.8 Å². The Morgan fingerprint density at radius 1 is 0.837 bits per heavy atom. The van der Waals surface area contributed by atoms with Gasteiger partial charge in [-0.3, -0.25) is 4.79 Å².